The number of rotatable bonds is 9. The molecule has 0 aromatic carbocycles. The summed E-state index contributed by atoms with van der Waals surface area (Å²) in [6, 6.07) is -0.302. The second-order valence-corrected chi connectivity index (χ2v) is 4.05. The average Bonchev–Trinajstić information content (AvgIpc) is 2.35. The summed E-state index contributed by atoms with van der Waals surface area (Å²) >= 11 is 0. The molecular formula is C12H23N3O4. The van der Waals surface area contributed by atoms with E-state index in [1.54, 1.807) is 6.92 Å². The summed E-state index contributed by atoms with van der Waals surface area (Å²) in [5.74, 6) is -1.02. The van der Waals surface area contributed by atoms with Gasteiger partial charge < -0.3 is 20.6 Å². The summed E-state index contributed by atoms with van der Waals surface area (Å²) in [4.78, 5) is 34.8. The number of nitrogens with one attached hydrogen (secondary N) is 2. The molecule has 0 bridgehead atoms. The zero-order valence-corrected chi connectivity index (χ0v) is 11.6. The number of carbonyl (C=O) groups is 3. The molecule has 0 unspecified atom stereocenters. The number of nitrogens with zero attached hydrogens (tertiary/aromatic N) is 1. The van der Waals surface area contributed by atoms with Crippen LogP contribution < -0.4 is 10.6 Å². The molecular weight excluding hydrogens is 250 g/mol. The highest BCUT2D eigenvalue weighted by Crippen LogP contribution is 1.95. The normalized spacial score (nSPS) is 9.79. The molecule has 0 aliphatic heterocycles. The van der Waals surface area contributed by atoms with E-state index in [0.29, 0.717) is 32.5 Å². The van der Waals surface area contributed by atoms with Gasteiger partial charge >= 0.3 is 12.0 Å². The van der Waals surface area contributed by atoms with E-state index in [-0.39, 0.29) is 24.9 Å². The van der Waals surface area contributed by atoms with Crippen molar-refractivity contribution in [2.75, 3.05) is 26.2 Å². The summed E-state index contributed by atoms with van der Waals surface area (Å²) in [7, 11) is 0. The van der Waals surface area contributed by atoms with Crippen LogP contribution in [0.4, 0.5) is 4.79 Å². The van der Waals surface area contributed by atoms with Crippen LogP contribution in [-0.2, 0) is 9.59 Å². The molecule has 0 spiro atoms. The van der Waals surface area contributed by atoms with Crippen LogP contribution >= 0.6 is 0 Å². The standard InChI is InChI=1S/C12H23N3O4/c1-3-13-10(16)9-15(4-2)12(19)14-8-6-5-7-11(17)18/h3-9H2,1-2H3,(H,13,16)(H,14,19)(H,17,18). The molecule has 110 valence electrons. The zero-order chi connectivity index (χ0) is 14.7. The largest absolute Gasteiger partial charge is 0.481 e. The van der Waals surface area contributed by atoms with Crippen LogP contribution in [0.25, 0.3) is 0 Å². The van der Waals surface area contributed by atoms with E-state index in [0.717, 1.165) is 0 Å². The summed E-state index contributed by atoms with van der Waals surface area (Å²) in [6.07, 6.45) is 1.24. The summed E-state index contributed by atoms with van der Waals surface area (Å²) < 4.78 is 0. The van der Waals surface area contributed by atoms with E-state index in [2.05, 4.69) is 10.6 Å². The van der Waals surface area contributed by atoms with Crippen LogP contribution in [0.15, 0.2) is 0 Å². The second kappa shape index (κ2) is 10.2. The predicted octanol–water partition coefficient (Wildman–Crippen LogP) is 0.409. The predicted molar refractivity (Wildman–Crippen MR) is 70.8 cm³/mol. The van der Waals surface area contributed by atoms with E-state index in [4.69, 9.17) is 5.11 Å². The molecule has 0 radical (unpaired) electrons. The third-order valence-corrected chi connectivity index (χ3v) is 2.47. The molecule has 0 rings (SSSR count). The number of urea groups is 1. The minimum absolute atomic E-state index is 0.0330. The molecule has 7 nitrogen and oxygen atoms in total. The molecule has 0 aromatic heterocycles. The maximum atomic E-state index is 11.7. The van der Waals surface area contributed by atoms with Gasteiger partial charge in [0.05, 0.1) is 0 Å². The molecule has 0 saturated heterocycles. The SMILES string of the molecule is CCNC(=O)CN(CC)C(=O)NCCCCC(=O)O. The summed E-state index contributed by atoms with van der Waals surface area (Å²) in [6.45, 7) is 5.04. The zero-order valence-electron chi connectivity index (χ0n) is 11.6. The van der Waals surface area contributed by atoms with Crippen LogP contribution in [0, 0.1) is 0 Å². The lowest BCUT2D eigenvalue weighted by atomic mass is 10.2. The minimum Gasteiger partial charge on any atom is -0.481 e. The van der Waals surface area contributed by atoms with E-state index in [9.17, 15) is 14.4 Å². The van der Waals surface area contributed by atoms with Crippen molar-refractivity contribution in [1.29, 1.82) is 0 Å². The van der Waals surface area contributed by atoms with Gasteiger partial charge in [-0.2, -0.15) is 0 Å². The molecule has 7 heteroatoms. The van der Waals surface area contributed by atoms with E-state index in [1.807, 2.05) is 6.92 Å². The number of unbranched alkanes of at least 4 members (excludes halogenated alkanes) is 1. The number of likely N-dealkylation sites (N-methyl/N-ethyl adjacent to an activating group) is 2. The highest BCUT2D eigenvalue weighted by atomic mass is 16.4. The topological polar surface area (TPSA) is 98.7 Å². The van der Waals surface area contributed by atoms with Gasteiger partial charge in [-0.1, -0.05) is 0 Å². The van der Waals surface area contributed by atoms with Crippen molar-refractivity contribution in [2.45, 2.75) is 33.1 Å². The Morgan fingerprint density at radius 3 is 2.32 bits per heavy atom. The molecule has 19 heavy (non-hydrogen) atoms. The second-order valence-electron chi connectivity index (χ2n) is 4.05. The first-order valence-corrected chi connectivity index (χ1v) is 6.52. The van der Waals surface area contributed by atoms with Gasteiger partial charge in [-0.25, -0.2) is 4.79 Å². The number of carbonyl (C=O) groups excluding carboxylic acids is 2. The number of amides is 3. The molecule has 0 aliphatic carbocycles. The summed E-state index contributed by atoms with van der Waals surface area (Å²) in [5, 5.41) is 13.8. The van der Waals surface area contributed by atoms with Gasteiger partial charge in [-0.15, -0.1) is 0 Å². The van der Waals surface area contributed by atoms with Crippen molar-refractivity contribution >= 4 is 17.9 Å². The Labute approximate surface area is 113 Å². The third kappa shape index (κ3) is 8.87. The number of aliphatic carboxylic acids is 1. The molecule has 0 heterocycles. The molecule has 0 saturated carbocycles. The van der Waals surface area contributed by atoms with Gasteiger partial charge in [-0.05, 0) is 26.7 Å². The Kier molecular flexibility index (Phi) is 9.20. The minimum atomic E-state index is -0.835. The third-order valence-electron chi connectivity index (χ3n) is 2.47. The fraction of sp³-hybridized carbons (Fsp3) is 0.750. The highest BCUT2D eigenvalue weighted by molar-refractivity contribution is 5.83. The summed E-state index contributed by atoms with van der Waals surface area (Å²) in [5.41, 5.74) is 0. The molecule has 0 aliphatic rings. The van der Waals surface area contributed by atoms with E-state index >= 15 is 0 Å². The quantitative estimate of drug-likeness (QED) is 0.530. The lowest BCUT2D eigenvalue weighted by molar-refractivity contribution is -0.137. The average molecular weight is 273 g/mol. The Hall–Kier alpha value is -1.79. The van der Waals surface area contributed by atoms with E-state index < -0.39 is 5.97 Å². The molecule has 0 fully saturated rings. The van der Waals surface area contributed by atoms with Crippen molar-refractivity contribution in [2.24, 2.45) is 0 Å². The first-order valence-electron chi connectivity index (χ1n) is 6.52. The lowest BCUT2D eigenvalue weighted by Gasteiger charge is -2.20. The number of hydrogen-bond acceptors (Lipinski definition) is 3. The van der Waals surface area contributed by atoms with Gasteiger partial charge in [0.1, 0.15) is 6.54 Å². The molecule has 0 aromatic rings. The van der Waals surface area contributed by atoms with Gasteiger partial charge in [0.2, 0.25) is 5.91 Å². The Balaban J connectivity index is 3.88. The van der Waals surface area contributed by atoms with Crippen molar-refractivity contribution in [3.63, 3.8) is 0 Å². The van der Waals surface area contributed by atoms with Gasteiger partial charge in [0, 0.05) is 26.1 Å². The first-order chi connectivity index (χ1) is 9.01. The van der Waals surface area contributed by atoms with Crippen molar-refractivity contribution in [1.82, 2.24) is 15.5 Å². The maximum Gasteiger partial charge on any atom is 0.317 e. The van der Waals surface area contributed by atoms with Crippen molar-refractivity contribution in [3.8, 4) is 0 Å². The molecule has 3 N–H and O–H groups in total. The number of carboxylic acid groups (broad SMARTS) is 1. The monoisotopic (exact) mass is 273 g/mol. The Morgan fingerprint density at radius 1 is 1.11 bits per heavy atom. The van der Waals surface area contributed by atoms with Crippen molar-refractivity contribution < 1.29 is 19.5 Å². The van der Waals surface area contributed by atoms with Crippen LogP contribution in [0.2, 0.25) is 0 Å². The molecule has 0 atom stereocenters. The number of hydrogen-bond donors (Lipinski definition) is 3. The van der Waals surface area contributed by atoms with Crippen LogP contribution in [0.1, 0.15) is 33.1 Å². The fourth-order valence-electron chi connectivity index (χ4n) is 1.46. The van der Waals surface area contributed by atoms with Gasteiger partial charge in [0.15, 0.2) is 0 Å². The Morgan fingerprint density at radius 2 is 1.79 bits per heavy atom. The van der Waals surface area contributed by atoms with Crippen LogP contribution in [0.5, 0.6) is 0 Å². The van der Waals surface area contributed by atoms with Crippen LogP contribution in [-0.4, -0.2) is 54.1 Å². The smallest absolute Gasteiger partial charge is 0.317 e. The maximum absolute atomic E-state index is 11.7. The van der Waals surface area contributed by atoms with Gasteiger partial charge in [0.25, 0.3) is 0 Å². The van der Waals surface area contributed by atoms with E-state index in [1.165, 1.54) is 4.90 Å². The molecule has 3 amide bonds. The van der Waals surface area contributed by atoms with Crippen LogP contribution in [0.3, 0.4) is 0 Å². The first kappa shape index (κ1) is 17.2. The number of carboxylic acids is 1. The fourth-order valence-corrected chi connectivity index (χ4v) is 1.46. The highest BCUT2D eigenvalue weighted by Gasteiger charge is 2.14. The Bertz CT molecular complexity index is 307. The van der Waals surface area contributed by atoms with Gasteiger partial charge in [-0.3, -0.25) is 9.59 Å². The lowest BCUT2D eigenvalue weighted by Crippen LogP contribution is -2.45. The van der Waals surface area contributed by atoms with Crippen molar-refractivity contribution in [3.05, 3.63) is 0 Å².